The van der Waals surface area contributed by atoms with Crippen LogP contribution >= 0.6 is 0 Å². The molecule has 7 heteroatoms. The standard InChI is InChI=1S/C20H21FO6/c21-14-8-4-7-13(9-14)11-16(23)18(25)20(27)19(26)17(24)15(22)10-12-5-2-1-3-6-12/h1-11,17-20,22-27H/t17-,18+,19-,20-/m1/s1. The van der Waals surface area contributed by atoms with E-state index in [2.05, 4.69) is 0 Å². The molecule has 0 fully saturated rings. The summed E-state index contributed by atoms with van der Waals surface area (Å²) in [4.78, 5) is 0. The van der Waals surface area contributed by atoms with Crippen molar-refractivity contribution in [3.8, 4) is 0 Å². The molecule has 6 nitrogen and oxygen atoms in total. The molecule has 0 unspecified atom stereocenters. The van der Waals surface area contributed by atoms with Gasteiger partial charge in [0.15, 0.2) is 0 Å². The van der Waals surface area contributed by atoms with Gasteiger partial charge in [-0.2, -0.15) is 0 Å². The van der Waals surface area contributed by atoms with Gasteiger partial charge in [-0.1, -0.05) is 42.5 Å². The van der Waals surface area contributed by atoms with Crippen molar-refractivity contribution in [1.29, 1.82) is 0 Å². The van der Waals surface area contributed by atoms with E-state index >= 15 is 0 Å². The van der Waals surface area contributed by atoms with Gasteiger partial charge in [0, 0.05) is 0 Å². The average molecular weight is 376 g/mol. The second-order valence-corrected chi connectivity index (χ2v) is 5.97. The quantitative estimate of drug-likeness (QED) is 0.410. The lowest BCUT2D eigenvalue weighted by molar-refractivity contribution is -0.0996. The first kappa shape index (κ1) is 20.6. The van der Waals surface area contributed by atoms with E-state index < -0.39 is 41.8 Å². The molecule has 4 atom stereocenters. The molecule has 6 N–H and O–H groups in total. The average Bonchev–Trinajstić information content (AvgIpc) is 2.66. The van der Waals surface area contributed by atoms with Gasteiger partial charge in [0.1, 0.15) is 41.8 Å². The van der Waals surface area contributed by atoms with Gasteiger partial charge in [-0.25, -0.2) is 4.39 Å². The minimum atomic E-state index is -2.02. The Labute approximate surface area is 155 Å². The van der Waals surface area contributed by atoms with Crippen LogP contribution in [-0.4, -0.2) is 55.1 Å². The van der Waals surface area contributed by atoms with Crippen LogP contribution in [0.2, 0.25) is 0 Å². The topological polar surface area (TPSA) is 121 Å². The highest BCUT2D eigenvalue weighted by molar-refractivity contribution is 5.53. The largest absolute Gasteiger partial charge is 0.509 e. The normalized spacial score (nSPS) is 17.2. The predicted octanol–water partition coefficient (Wildman–Crippen LogP) is 1.77. The summed E-state index contributed by atoms with van der Waals surface area (Å²) < 4.78 is 13.1. The third-order valence-electron chi connectivity index (χ3n) is 3.88. The third kappa shape index (κ3) is 5.63. The maximum Gasteiger partial charge on any atom is 0.139 e. The highest BCUT2D eigenvalue weighted by Crippen LogP contribution is 2.18. The molecule has 2 rings (SSSR count). The van der Waals surface area contributed by atoms with Crippen LogP contribution in [0, 0.1) is 5.82 Å². The van der Waals surface area contributed by atoms with E-state index in [-0.39, 0.29) is 5.56 Å². The highest BCUT2D eigenvalue weighted by Gasteiger charge is 2.34. The van der Waals surface area contributed by atoms with Crippen LogP contribution in [0.25, 0.3) is 12.2 Å². The zero-order valence-electron chi connectivity index (χ0n) is 14.2. The second-order valence-electron chi connectivity index (χ2n) is 5.97. The Bertz CT molecular complexity index is 805. The molecule has 0 radical (unpaired) electrons. The molecule has 0 heterocycles. The minimum Gasteiger partial charge on any atom is -0.509 e. The zero-order valence-corrected chi connectivity index (χ0v) is 14.2. The number of hydrogen-bond donors (Lipinski definition) is 6. The van der Waals surface area contributed by atoms with Gasteiger partial charge in [-0.3, -0.25) is 0 Å². The van der Waals surface area contributed by atoms with Crippen LogP contribution in [0.3, 0.4) is 0 Å². The first-order valence-corrected chi connectivity index (χ1v) is 8.13. The van der Waals surface area contributed by atoms with Crippen LogP contribution in [0.1, 0.15) is 11.1 Å². The molecule has 0 aliphatic carbocycles. The van der Waals surface area contributed by atoms with Gasteiger partial charge < -0.3 is 30.6 Å². The fourth-order valence-corrected chi connectivity index (χ4v) is 2.38. The lowest BCUT2D eigenvalue weighted by Gasteiger charge is -2.26. The highest BCUT2D eigenvalue weighted by atomic mass is 19.1. The maximum atomic E-state index is 13.1. The smallest absolute Gasteiger partial charge is 0.139 e. The van der Waals surface area contributed by atoms with Crippen LogP contribution in [0.4, 0.5) is 4.39 Å². The van der Waals surface area contributed by atoms with Crippen LogP contribution < -0.4 is 0 Å². The Morgan fingerprint density at radius 3 is 1.70 bits per heavy atom. The summed E-state index contributed by atoms with van der Waals surface area (Å²) in [7, 11) is 0. The van der Waals surface area contributed by atoms with Crippen molar-refractivity contribution in [2.75, 3.05) is 0 Å². The number of rotatable bonds is 7. The van der Waals surface area contributed by atoms with Gasteiger partial charge in [0.05, 0.1) is 0 Å². The SMILES string of the molecule is OC(=Cc1ccccc1)[C@@H](O)[C@@H](O)[C@H](O)[C@@H](O)C(O)=Cc1cccc(F)c1. The van der Waals surface area contributed by atoms with E-state index in [9.17, 15) is 35.0 Å². The second kappa shape index (κ2) is 9.29. The van der Waals surface area contributed by atoms with Crippen LogP contribution in [0.5, 0.6) is 0 Å². The van der Waals surface area contributed by atoms with Crippen molar-refractivity contribution in [3.63, 3.8) is 0 Å². The van der Waals surface area contributed by atoms with Crippen molar-refractivity contribution >= 4 is 12.2 Å². The van der Waals surface area contributed by atoms with Gasteiger partial charge in [0.2, 0.25) is 0 Å². The zero-order chi connectivity index (χ0) is 20.0. The molecule has 0 saturated heterocycles. The van der Waals surface area contributed by atoms with Crippen molar-refractivity contribution in [2.45, 2.75) is 24.4 Å². The monoisotopic (exact) mass is 376 g/mol. The number of aliphatic hydroxyl groups excluding tert-OH is 6. The molecule has 2 aromatic carbocycles. The van der Waals surface area contributed by atoms with Gasteiger partial charge in [0.25, 0.3) is 0 Å². The summed E-state index contributed by atoms with van der Waals surface area (Å²) in [6.45, 7) is 0. The molecule has 0 aliphatic heterocycles. The molecule has 0 amide bonds. The maximum absolute atomic E-state index is 13.1. The summed E-state index contributed by atoms with van der Waals surface area (Å²) in [5.41, 5.74) is 0.769. The van der Waals surface area contributed by atoms with E-state index in [1.807, 2.05) is 0 Å². The Kier molecular flexibility index (Phi) is 7.09. The molecular weight excluding hydrogens is 355 g/mol. The van der Waals surface area contributed by atoms with E-state index in [0.29, 0.717) is 5.56 Å². The van der Waals surface area contributed by atoms with Gasteiger partial charge in [-0.05, 0) is 35.4 Å². The first-order chi connectivity index (χ1) is 12.8. The number of halogens is 1. The summed E-state index contributed by atoms with van der Waals surface area (Å²) in [5, 5.41) is 59.8. The van der Waals surface area contributed by atoms with E-state index in [0.717, 1.165) is 12.1 Å². The lowest BCUT2D eigenvalue weighted by Crippen LogP contribution is -2.45. The first-order valence-electron chi connectivity index (χ1n) is 8.13. The molecule has 0 saturated carbocycles. The molecular formula is C20H21FO6. The minimum absolute atomic E-state index is 0.223. The molecule has 0 aliphatic rings. The van der Waals surface area contributed by atoms with Gasteiger partial charge >= 0.3 is 0 Å². The fourth-order valence-electron chi connectivity index (χ4n) is 2.38. The Hall–Kier alpha value is -2.71. The number of aliphatic hydroxyl groups is 6. The van der Waals surface area contributed by atoms with Crippen molar-refractivity contribution < 1.29 is 35.0 Å². The van der Waals surface area contributed by atoms with Crippen molar-refractivity contribution in [1.82, 2.24) is 0 Å². The van der Waals surface area contributed by atoms with Gasteiger partial charge in [-0.15, -0.1) is 0 Å². The third-order valence-corrected chi connectivity index (χ3v) is 3.88. The molecule has 27 heavy (non-hydrogen) atoms. The van der Waals surface area contributed by atoms with Crippen molar-refractivity contribution in [2.24, 2.45) is 0 Å². The molecule has 2 aromatic rings. The van der Waals surface area contributed by atoms with Crippen LogP contribution in [-0.2, 0) is 0 Å². The summed E-state index contributed by atoms with van der Waals surface area (Å²) in [6, 6.07) is 13.6. The molecule has 0 bridgehead atoms. The number of benzene rings is 2. The van der Waals surface area contributed by atoms with Crippen LogP contribution in [0.15, 0.2) is 66.1 Å². The Balaban J connectivity index is 2.10. The molecule has 0 spiro atoms. The van der Waals surface area contributed by atoms with E-state index in [1.165, 1.54) is 24.3 Å². The fraction of sp³-hybridized carbons (Fsp3) is 0.200. The summed E-state index contributed by atoms with van der Waals surface area (Å²) in [5.74, 6) is -1.93. The Morgan fingerprint density at radius 2 is 1.19 bits per heavy atom. The predicted molar refractivity (Wildman–Crippen MR) is 98.1 cm³/mol. The van der Waals surface area contributed by atoms with E-state index in [4.69, 9.17) is 0 Å². The molecule has 144 valence electrons. The molecule has 0 aromatic heterocycles. The summed E-state index contributed by atoms with van der Waals surface area (Å²) in [6.07, 6.45) is -5.69. The Morgan fingerprint density at radius 1 is 0.704 bits per heavy atom. The number of hydrogen-bond acceptors (Lipinski definition) is 6. The van der Waals surface area contributed by atoms with E-state index in [1.54, 1.807) is 30.3 Å². The summed E-state index contributed by atoms with van der Waals surface area (Å²) >= 11 is 0. The van der Waals surface area contributed by atoms with Crippen molar-refractivity contribution in [3.05, 3.63) is 83.1 Å². The lowest BCUT2D eigenvalue weighted by atomic mass is 9.99.